The molecule has 1 spiro atoms. The Balaban J connectivity index is 1.22. The number of ether oxygens (including phenoxy) is 2. The van der Waals surface area contributed by atoms with Crippen molar-refractivity contribution >= 4 is 5.91 Å². The summed E-state index contributed by atoms with van der Waals surface area (Å²) in [7, 11) is 2.24. The zero-order chi connectivity index (χ0) is 34.0. The monoisotopic (exact) mass is 672 g/mol. The van der Waals surface area contributed by atoms with Gasteiger partial charge in [0.1, 0.15) is 11.4 Å². The van der Waals surface area contributed by atoms with E-state index in [1.807, 2.05) is 4.90 Å². The quantitative estimate of drug-likeness (QED) is 0.376. The van der Waals surface area contributed by atoms with Crippen molar-refractivity contribution in [3.05, 3.63) is 42.0 Å². The highest BCUT2D eigenvalue weighted by Gasteiger charge is 2.55. The number of nitrogens with one attached hydrogen (secondary N) is 1. The van der Waals surface area contributed by atoms with Crippen LogP contribution in [0.5, 0.6) is 5.75 Å². The van der Waals surface area contributed by atoms with Crippen molar-refractivity contribution in [1.29, 1.82) is 5.26 Å². The number of likely N-dealkylation sites (tertiary alicyclic amines) is 1. The first-order chi connectivity index (χ1) is 23.9. The molecule has 2 aliphatic carbocycles. The maximum atomic E-state index is 12.9. The fraction of sp³-hybridized carbons (Fsp3) is 0.750. The molecule has 0 radical (unpaired) electrons. The van der Waals surface area contributed by atoms with Gasteiger partial charge < -0.3 is 19.3 Å². The van der Waals surface area contributed by atoms with Crippen molar-refractivity contribution in [2.75, 3.05) is 39.8 Å². The zero-order valence-electron chi connectivity index (χ0n) is 30.2. The van der Waals surface area contributed by atoms with Crippen molar-refractivity contribution in [2.24, 2.45) is 5.92 Å². The molecule has 4 aliphatic heterocycles. The fourth-order valence-electron chi connectivity index (χ4n) is 10.3. The van der Waals surface area contributed by atoms with E-state index in [9.17, 15) is 10.1 Å². The van der Waals surface area contributed by atoms with Crippen LogP contribution in [0.4, 0.5) is 0 Å². The van der Waals surface area contributed by atoms with Gasteiger partial charge in [-0.25, -0.2) is 4.90 Å². The third-order valence-electron chi connectivity index (χ3n) is 13.0. The summed E-state index contributed by atoms with van der Waals surface area (Å²) in [5.74, 6) is 1.41. The van der Waals surface area contributed by atoms with Crippen LogP contribution in [0.3, 0.4) is 0 Å². The first-order valence-corrected chi connectivity index (χ1v) is 19.6. The van der Waals surface area contributed by atoms with Crippen molar-refractivity contribution in [3.8, 4) is 11.8 Å². The predicted octanol–water partition coefficient (Wildman–Crippen LogP) is 5.58. The Labute approximate surface area is 294 Å². The molecule has 7 atom stereocenters. The number of carbonyl (C=O) groups excluding carboxylic acids is 1. The van der Waals surface area contributed by atoms with Crippen molar-refractivity contribution in [2.45, 2.75) is 146 Å². The van der Waals surface area contributed by atoms with E-state index in [0.29, 0.717) is 37.5 Å². The fourth-order valence-corrected chi connectivity index (χ4v) is 10.3. The number of carbonyl (C=O) groups is 1. The Kier molecular flexibility index (Phi) is 11.0. The summed E-state index contributed by atoms with van der Waals surface area (Å²) >= 11 is 0. The summed E-state index contributed by atoms with van der Waals surface area (Å²) in [6.07, 6.45) is 18.2. The maximum Gasteiger partial charge on any atom is 0.246 e. The van der Waals surface area contributed by atoms with Crippen LogP contribution >= 0.6 is 0 Å². The smallest absolute Gasteiger partial charge is 0.246 e. The molecule has 1 N–H and O–H groups in total. The Hall–Kier alpha value is -2.48. The second-order valence-corrected chi connectivity index (χ2v) is 16.1. The van der Waals surface area contributed by atoms with Gasteiger partial charge >= 0.3 is 0 Å². The second-order valence-electron chi connectivity index (χ2n) is 16.1. The van der Waals surface area contributed by atoms with Gasteiger partial charge in [-0.2, -0.15) is 5.26 Å². The first-order valence-electron chi connectivity index (χ1n) is 19.6. The summed E-state index contributed by atoms with van der Waals surface area (Å²) in [5, 5.41) is 14.0. The van der Waals surface area contributed by atoms with Gasteiger partial charge in [0.15, 0.2) is 6.35 Å². The first kappa shape index (κ1) is 34.9. The number of hydrogen-bond donors (Lipinski definition) is 1. The summed E-state index contributed by atoms with van der Waals surface area (Å²) < 4.78 is 14.2. The molecule has 1 amide bonds. The number of nitriles is 1. The number of rotatable bonds is 7. The lowest BCUT2D eigenvalue weighted by Gasteiger charge is -2.61. The highest BCUT2D eigenvalue weighted by molar-refractivity contribution is 5.87. The molecule has 1 aromatic rings. The number of fused-ring (bicyclic) bond motifs is 2. The summed E-state index contributed by atoms with van der Waals surface area (Å²) in [4.78, 5) is 22.7. The van der Waals surface area contributed by atoms with Gasteiger partial charge in [-0.15, -0.1) is 0 Å². The minimum atomic E-state index is -0.180. The summed E-state index contributed by atoms with van der Waals surface area (Å²) in [6.45, 7) is 9.93. The molecule has 268 valence electrons. The van der Waals surface area contributed by atoms with Gasteiger partial charge in [-0.05, 0) is 95.2 Å². The molecule has 4 heterocycles. The third kappa shape index (κ3) is 7.46. The van der Waals surface area contributed by atoms with Crippen LogP contribution in [0.2, 0.25) is 0 Å². The van der Waals surface area contributed by atoms with E-state index in [1.54, 1.807) is 0 Å². The van der Waals surface area contributed by atoms with E-state index in [1.165, 1.54) is 75.0 Å². The highest BCUT2D eigenvalue weighted by Crippen LogP contribution is 2.48. The van der Waals surface area contributed by atoms with Crippen molar-refractivity contribution in [3.63, 3.8) is 0 Å². The van der Waals surface area contributed by atoms with Crippen LogP contribution in [0.25, 0.3) is 0 Å². The lowest BCUT2D eigenvalue weighted by atomic mass is 9.69. The van der Waals surface area contributed by atoms with Crippen LogP contribution in [-0.4, -0.2) is 108 Å². The molecule has 6 unspecified atom stereocenters. The topological polar surface area (TPSA) is 84.3 Å². The molecular weight excluding hydrogens is 612 g/mol. The molecular formula is C40H60N6O3. The van der Waals surface area contributed by atoms with Crippen LogP contribution in [0, 0.1) is 24.2 Å². The molecule has 9 heteroatoms. The van der Waals surface area contributed by atoms with Crippen molar-refractivity contribution in [1.82, 2.24) is 24.9 Å². The minimum absolute atomic E-state index is 0.0635. The number of amides is 1. The lowest BCUT2D eigenvalue weighted by molar-refractivity contribution is -0.221. The Bertz CT molecular complexity index is 1360. The number of hydrogen-bond acceptors (Lipinski definition) is 8. The van der Waals surface area contributed by atoms with Crippen molar-refractivity contribution < 1.29 is 14.3 Å². The Morgan fingerprint density at radius 1 is 1.08 bits per heavy atom. The van der Waals surface area contributed by atoms with Gasteiger partial charge in [0.2, 0.25) is 5.91 Å². The third-order valence-corrected chi connectivity index (χ3v) is 13.0. The SMILES string of the molecule is C=CC(=O)N1CCN(C2C3CC[C@]4(CCc5ccc(C)cc5O4)CC3NC(OCC3CCCN3C)N2C2CCCCCCC2)CC1CC#N. The number of aryl methyl sites for hydroxylation is 2. The van der Waals surface area contributed by atoms with Crippen LogP contribution in [-0.2, 0) is 16.0 Å². The average Bonchev–Trinajstić information content (AvgIpc) is 3.50. The molecule has 2 saturated carbocycles. The van der Waals surface area contributed by atoms with E-state index in [2.05, 4.69) is 64.8 Å². The molecule has 9 nitrogen and oxygen atoms in total. The van der Waals surface area contributed by atoms with Gasteiger partial charge in [0.25, 0.3) is 0 Å². The number of piperazine rings is 1. The number of likely N-dealkylation sites (N-methyl/N-ethyl adjacent to an activating group) is 1. The Morgan fingerprint density at radius 3 is 2.65 bits per heavy atom. The maximum absolute atomic E-state index is 12.9. The lowest BCUT2D eigenvalue weighted by Crippen LogP contribution is -2.75. The Morgan fingerprint density at radius 2 is 1.90 bits per heavy atom. The molecule has 0 bridgehead atoms. The standard InChI is InChI=1S/C40H60N6O3/c1-4-37(47)45-24-23-44(27-32(45)18-21-41)38-34-17-20-40(19-16-30-15-14-29(2)25-36(30)49-40)26-35(34)42-39(48-28-33-13-10-22-43(33)3)46(38)31-11-8-6-5-7-9-12-31/h4,14-15,25,31-35,38-39,42H,1,5-13,16-20,22-24,26-28H2,2-3H3/t32?,33?,34?,35?,38?,39?,40-/m1/s1. The van der Waals surface area contributed by atoms with E-state index in [4.69, 9.17) is 9.47 Å². The van der Waals surface area contributed by atoms with Crippen LogP contribution < -0.4 is 10.1 Å². The molecule has 7 rings (SSSR count). The summed E-state index contributed by atoms with van der Waals surface area (Å²) in [5.41, 5.74) is 2.42. The summed E-state index contributed by atoms with van der Waals surface area (Å²) in [6, 6.07) is 10.1. The zero-order valence-corrected chi connectivity index (χ0v) is 30.2. The average molecular weight is 673 g/mol. The molecule has 6 aliphatic rings. The molecule has 5 fully saturated rings. The largest absolute Gasteiger partial charge is 0.487 e. The predicted molar refractivity (Wildman–Crippen MR) is 192 cm³/mol. The van der Waals surface area contributed by atoms with E-state index in [-0.39, 0.29) is 36.1 Å². The molecule has 49 heavy (non-hydrogen) atoms. The highest BCUT2D eigenvalue weighted by atomic mass is 16.5. The van der Waals surface area contributed by atoms with Gasteiger partial charge in [0, 0.05) is 50.1 Å². The van der Waals surface area contributed by atoms with Crippen LogP contribution in [0.15, 0.2) is 30.9 Å². The van der Waals surface area contributed by atoms with E-state index >= 15 is 0 Å². The van der Waals surface area contributed by atoms with E-state index < -0.39 is 0 Å². The van der Waals surface area contributed by atoms with Crippen LogP contribution in [0.1, 0.15) is 101 Å². The molecule has 3 saturated heterocycles. The minimum Gasteiger partial charge on any atom is -0.487 e. The van der Waals surface area contributed by atoms with E-state index in [0.717, 1.165) is 57.6 Å². The second kappa shape index (κ2) is 15.4. The molecule has 0 aromatic heterocycles. The number of nitrogens with zero attached hydrogens (tertiary/aromatic N) is 5. The normalized spacial score (nSPS) is 35.1. The van der Waals surface area contributed by atoms with Gasteiger partial charge in [-0.3, -0.25) is 15.0 Å². The number of benzene rings is 1. The van der Waals surface area contributed by atoms with Gasteiger partial charge in [-0.1, -0.05) is 50.8 Å². The van der Waals surface area contributed by atoms with Gasteiger partial charge in [0.05, 0.1) is 31.3 Å². The molecule has 1 aromatic carbocycles.